The third-order valence-corrected chi connectivity index (χ3v) is 7.36. The van der Waals surface area contributed by atoms with Gasteiger partial charge in [0.15, 0.2) is 0 Å². The molecule has 1 amide bonds. The molecule has 0 unspecified atom stereocenters. The van der Waals surface area contributed by atoms with Gasteiger partial charge in [-0.2, -0.15) is 9.49 Å². The van der Waals surface area contributed by atoms with Gasteiger partial charge in [-0.1, -0.05) is 61.0 Å². The predicted octanol–water partition coefficient (Wildman–Crippen LogP) is 7.31. The van der Waals surface area contributed by atoms with Crippen LogP contribution in [-0.2, 0) is 4.79 Å². The normalized spacial score (nSPS) is 14.3. The fourth-order valence-corrected chi connectivity index (χ4v) is 5.06. The third-order valence-electron chi connectivity index (χ3n) is 7.36. The second-order valence-electron chi connectivity index (χ2n) is 9.94. The van der Waals surface area contributed by atoms with Crippen molar-refractivity contribution in [1.29, 1.82) is 0 Å². The molecule has 1 heterocycles. The molecule has 39 heavy (non-hydrogen) atoms. The van der Waals surface area contributed by atoms with E-state index in [9.17, 15) is 9.18 Å². The van der Waals surface area contributed by atoms with Crippen molar-refractivity contribution in [3.8, 4) is 5.75 Å². The molecular weight excluding hydrogens is 489 g/mol. The van der Waals surface area contributed by atoms with Gasteiger partial charge in [0.05, 0.1) is 17.5 Å². The maximum Gasteiger partial charge on any atom is 0.243 e. The fraction of sp³-hybridized carbons (Fsp3) is 0.273. The zero-order valence-electron chi connectivity index (χ0n) is 22.3. The summed E-state index contributed by atoms with van der Waals surface area (Å²) < 4.78 is 20.5. The Morgan fingerprint density at radius 2 is 1.79 bits per heavy atom. The molecule has 0 saturated heterocycles. The summed E-state index contributed by atoms with van der Waals surface area (Å²) in [6.07, 6.45) is 9.67. The fourth-order valence-electron chi connectivity index (χ4n) is 5.06. The number of amides is 1. The monoisotopic (exact) mass is 523 g/mol. The Morgan fingerprint density at radius 3 is 2.51 bits per heavy atom. The molecule has 1 aliphatic carbocycles. The first-order chi connectivity index (χ1) is 19.1. The summed E-state index contributed by atoms with van der Waals surface area (Å²) in [5.41, 5.74) is 6.32. The van der Waals surface area contributed by atoms with Gasteiger partial charge in [0.1, 0.15) is 5.75 Å². The summed E-state index contributed by atoms with van der Waals surface area (Å²) in [6.45, 7) is 0.615. The largest absolute Gasteiger partial charge is 0.494 e. The van der Waals surface area contributed by atoms with E-state index in [2.05, 4.69) is 51.9 Å². The molecule has 0 aliphatic heterocycles. The molecule has 6 heteroatoms. The Labute approximate surface area is 228 Å². The van der Waals surface area contributed by atoms with Crippen molar-refractivity contribution in [3.05, 3.63) is 108 Å². The highest BCUT2D eigenvalue weighted by molar-refractivity contribution is 6.01. The lowest BCUT2D eigenvalue weighted by Crippen LogP contribution is -2.15. The Bertz CT molecular complexity index is 1470. The molecule has 1 aliphatic rings. The average Bonchev–Trinajstić information content (AvgIpc) is 3.32. The van der Waals surface area contributed by atoms with Crippen molar-refractivity contribution in [2.24, 2.45) is 5.92 Å². The number of ether oxygens (including phenoxy) is 1. The van der Waals surface area contributed by atoms with E-state index >= 15 is 0 Å². The lowest BCUT2D eigenvalue weighted by atomic mass is 9.73. The molecule has 1 saturated carbocycles. The summed E-state index contributed by atoms with van der Waals surface area (Å²) in [5, 5.41) is 9.62. The lowest BCUT2D eigenvalue weighted by Gasteiger charge is -2.31. The first kappa shape index (κ1) is 26.4. The third kappa shape index (κ3) is 6.28. The zero-order chi connectivity index (χ0) is 27.0. The number of aromatic nitrogens is 2. The first-order valence-corrected chi connectivity index (χ1v) is 13.7. The van der Waals surface area contributed by atoms with Crippen molar-refractivity contribution in [2.75, 3.05) is 13.7 Å². The highest BCUT2D eigenvalue weighted by Crippen LogP contribution is 2.45. The number of allylic oxidation sites excluding steroid dienone is 2. The number of unbranched alkanes of at least 4 members (excludes halogenated alkanes) is 2. The summed E-state index contributed by atoms with van der Waals surface area (Å²) in [6, 6.07) is 24.6. The van der Waals surface area contributed by atoms with Crippen LogP contribution in [0.15, 0.2) is 84.9 Å². The maximum absolute atomic E-state index is 14.5. The molecule has 0 spiro atoms. The van der Waals surface area contributed by atoms with E-state index in [0.29, 0.717) is 23.4 Å². The van der Waals surface area contributed by atoms with Crippen LogP contribution >= 0.6 is 0 Å². The molecule has 5 rings (SSSR count). The number of carbonyl (C=O) groups excluding carboxylic acids is 1. The number of likely N-dealkylation sites (N-methyl/N-ethyl adjacent to an activating group) is 1. The molecule has 4 aromatic rings. The van der Waals surface area contributed by atoms with Crippen LogP contribution in [-0.4, -0.2) is 29.8 Å². The number of fused-ring (bicyclic) bond motifs is 1. The topological polar surface area (TPSA) is 67.0 Å². The molecule has 3 aromatic carbocycles. The van der Waals surface area contributed by atoms with Crippen molar-refractivity contribution < 1.29 is 13.9 Å². The van der Waals surface area contributed by atoms with Gasteiger partial charge in [-0.05, 0) is 96.2 Å². The van der Waals surface area contributed by atoms with Crippen LogP contribution in [0.1, 0.15) is 55.2 Å². The van der Waals surface area contributed by atoms with Gasteiger partial charge in [0.2, 0.25) is 11.9 Å². The predicted molar refractivity (Wildman–Crippen MR) is 155 cm³/mol. The smallest absolute Gasteiger partial charge is 0.243 e. The average molecular weight is 524 g/mol. The van der Waals surface area contributed by atoms with Crippen molar-refractivity contribution in [3.63, 3.8) is 0 Å². The molecule has 2 N–H and O–H groups in total. The quantitative estimate of drug-likeness (QED) is 0.123. The lowest BCUT2D eigenvalue weighted by molar-refractivity contribution is -0.116. The SMILES string of the molecule is CNC(=O)/C=C/CCCCOc1ccc(/C(=C(\c2ccccc2)C2CCC2)c2ccc3n[nH]c(F)c3c2)cc1. The summed E-state index contributed by atoms with van der Waals surface area (Å²) >= 11 is 0. The van der Waals surface area contributed by atoms with E-state index in [1.165, 1.54) is 17.6 Å². The number of hydrogen-bond acceptors (Lipinski definition) is 3. The van der Waals surface area contributed by atoms with Gasteiger partial charge in [-0.25, -0.2) is 0 Å². The van der Waals surface area contributed by atoms with Crippen LogP contribution in [0, 0.1) is 11.9 Å². The van der Waals surface area contributed by atoms with E-state index in [4.69, 9.17) is 4.74 Å². The summed E-state index contributed by atoms with van der Waals surface area (Å²) in [7, 11) is 1.62. The number of H-pyrrole nitrogens is 1. The van der Waals surface area contributed by atoms with E-state index in [1.807, 2.05) is 42.5 Å². The Balaban J connectivity index is 1.41. The van der Waals surface area contributed by atoms with Gasteiger partial charge in [0.25, 0.3) is 0 Å². The van der Waals surface area contributed by atoms with Crippen molar-refractivity contribution in [1.82, 2.24) is 15.5 Å². The Morgan fingerprint density at radius 1 is 1.03 bits per heavy atom. The number of benzene rings is 3. The highest BCUT2D eigenvalue weighted by Gasteiger charge is 2.27. The Kier molecular flexibility index (Phi) is 8.51. The minimum atomic E-state index is -0.413. The number of carbonyl (C=O) groups is 1. The molecule has 0 atom stereocenters. The summed E-state index contributed by atoms with van der Waals surface area (Å²) in [5.74, 6) is 0.784. The number of hydrogen-bond donors (Lipinski definition) is 2. The van der Waals surface area contributed by atoms with Crippen molar-refractivity contribution >= 4 is 28.0 Å². The van der Waals surface area contributed by atoms with Gasteiger partial charge in [0, 0.05) is 7.05 Å². The van der Waals surface area contributed by atoms with E-state index in [-0.39, 0.29) is 5.91 Å². The highest BCUT2D eigenvalue weighted by atomic mass is 19.1. The Hall–Kier alpha value is -4.19. The molecule has 200 valence electrons. The van der Waals surface area contributed by atoms with Crippen molar-refractivity contribution in [2.45, 2.75) is 38.5 Å². The van der Waals surface area contributed by atoms with Crippen LogP contribution < -0.4 is 10.1 Å². The van der Waals surface area contributed by atoms with Gasteiger partial charge < -0.3 is 10.1 Å². The zero-order valence-corrected chi connectivity index (χ0v) is 22.3. The standard InChI is InChI=1S/C33H34FN3O2/c1-35-30(38)14-7-2-3-8-21-39-27-18-15-25(16-19-27)32(26-17-20-29-28(22-26)33(34)37-36-29)31(24-12-9-13-24)23-10-5-4-6-11-23/h4-7,10-11,14-20,22,24H,2-3,8-9,12-13,21H2,1H3,(H,35,38)(H,36,37)/b14-7+,32-31-. The minimum absolute atomic E-state index is 0.0812. The van der Waals surface area contributed by atoms with Crippen LogP contribution in [0.3, 0.4) is 0 Å². The van der Waals surface area contributed by atoms with Gasteiger partial charge in [-0.15, -0.1) is 0 Å². The van der Waals surface area contributed by atoms with E-state index in [0.717, 1.165) is 54.6 Å². The number of nitrogens with one attached hydrogen (secondary N) is 2. The minimum Gasteiger partial charge on any atom is -0.494 e. The van der Waals surface area contributed by atoms with E-state index < -0.39 is 5.95 Å². The van der Waals surface area contributed by atoms with Crippen LogP contribution in [0.4, 0.5) is 4.39 Å². The second-order valence-corrected chi connectivity index (χ2v) is 9.94. The van der Waals surface area contributed by atoms with Crippen LogP contribution in [0.5, 0.6) is 5.75 Å². The number of rotatable bonds is 11. The molecule has 5 nitrogen and oxygen atoms in total. The van der Waals surface area contributed by atoms with E-state index in [1.54, 1.807) is 13.1 Å². The van der Waals surface area contributed by atoms with Gasteiger partial charge in [-0.3, -0.25) is 9.89 Å². The summed E-state index contributed by atoms with van der Waals surface area (Å²) in [4.78, 5) is 11.2. The molecule has 1 aromatic heterocycles. The van der Waals surface area contributed by atoms with Crippen LogP contribution in [0.25, 0.3) is 22.0 Å². The molecular formula is C33H34FN3O2. The first-order valence-electron chi connectivity index (χ1n) is 13.7. The molecule has 0 bridgehead atoms. The number of nitrogens with zero attached hydrogens (tertiary/aromatic N) is 1. The van der Waals surface area contributed by atoms with Gasteiger partial charge >= 0.3 is 0 Å². The molecule has 1 fully saturated rings. The second kappa shape index (κ2) is 12.6. The maximum atomic E-state index is 14.5. The molecule has 0 radical (unpaired) electrons. The number of halogens is 1. The number of aromatic amines is 1. The van der Waals surface area contributed by atoms with Crippen LogP contribution in [0.2, 0.25) is 0 Å².